The van der Waals surface area contributed by atoms with Gasteiger partial charge in [-0.15, -0.1) is 0 Å². The number of nitrogens with one attached hydrogen (secondary N) is 1. The number of rotatable bonds is 4. The summed E-state index contributed by atoms with van der Waals surface area (Å²) in [5.74, 6) is 0.248. The zero-order valence-corrected chi connectivity index (χ0v) is 9.30. The monoisotopic (exact) mass is 238 g/mol. The maximum absolute atomic E-state index is 10.5. The second-order valence-electron chi connectivity index (χ2n) is 3.58. The average molecular weight is 238 g/mol. The van der Waals surface area contributed by atoms with Crippen molar-refractivity contribution in [2.75, 3.05) is 43.1 Å². The van der Waals surface area contributed by atoms with Crippen LogP contribution in [0.1, 0.15) is 0 Å². The number of carbonyl (C=O) groups is 1. The molecule has 0 radical (unpaired) electrons. The molecule has 0 saturated carbocycles. The summed E-state index contributed by atoms with van der Waals surface area (Å²) < 4.78 is 5.25. The number of aromatic nitrogens is 2. The van der Waals surface area contributed by atoms with E-state index >= 15 is 0 Å². The predicted molar refractivity (Wildman–Crippen MR) is 61.2 cm³/mol. The minimum atomic E-state index is -0.927. The maximum Gasteiger partial charge on any atom is 0.322 e. The smallest absolute Gasteiger partial charge is 0.322 e. The predicted octanol–water partition coefficient (Wildman–Crippen LogP) is -0.190. The van der Waals surface area contributed by atoms with Gasteiger partial charge in [-0.2, -0.15) is 0 Å². The van der Waals surface area contributed by atoms with Crippen LogP contribution in [0.5, 0.6) is 0 Å². The molecule has 0 amide bonds. The van der Waals surface area contributed by atoms with Gasteiger partial charge in [0.1, 0.15) is 6.54 Å². The number of anilines is 2. The molecule has 7 nitrogen and oxygen atoms in total. The molecule has 0 spiro atoms. The third-order valence-corrected chi connectivity index (χ3v) is 2.40. The highest BCUT2D eigenvalue weighted by Gasteiger charge is 2.16. The first-order valence-corrected chi connectivity index (χ1v) is 5.37. The van der Waals surface area contributed by atoms with Crippen LogP contribution in [0.3, 0.4) is 0 Å². The van der Waals surface area contributed by atoms with Crippen molar-refractivity contribution in [3.05, 3.63) is 12.4 Å². The molecule has 1 aliphatic rings. The number of nitrogens with zero attached hydrogens (tertiary/aromatic N) is 3. The fourth-order valence-corrected chi connectivity index (χ4v) is 1.62. The van der Waals surface area contributed by atoms with E-state index in [1.54, 1.807) is 6.20 Å². The first kappa shape index (κ1) is 11.6. The van der Waals surface area contributed by atoms with Crippen LogP contribution >= 0.6 is 0 Å². The van der Waals surface area contributed by atoms with Gasteiger partial charge >= 0.3 is 5.97 Å². The Hall–Kier alpha value is -1.89. The van der Waals surface area contributed by atoms with Gasteiger partial charge in [0, 0.05) is 25.5 Å². The number of carboxylic acid groups (broad SMARTS) is 1. The zero-order chi connectivity index (χ0) is 12.1. The molecule has 2 heterocycles. The molecule has 7 heteroatoms. The Kier molecular flexibility index (Phi) is 3.71. The van der Waals surface area contributed by atoms with Crippen molar-refractivity contribution in [3.63, 3.8) is 0 Å². The van der Waals surface area contributed by atoms with Gasteiger partial charge in [0.25, 0.3) is 0 Å². The number of ether oxygens (including phenoxy) is 1. The van der Waals surface area contributed by atoms with Crippen LogP contribution in [0, 0.1) is 0 Å². The van der Waals surface area contributed by atoms with Crippen molar-refractivity contribution in [1.82, 2.24) is 9.97 Å². The van der Waals surface area contributed by atoms with Gasteiger partial charge in [-0.3, -0.25) is 4.79 Å². The van der Waals surface area contributed by atoms with E-state index in [1.165, 1.54) is 6.20 Å². The first-order chi connectivity index (χ1) is 8.27. The Morgan fingerprint density at radius 3 is 2.82 bits per heavy atom. The third-order valence-electron chi connectivity index (χ3n) is 2.40. The van der Waals surface area contributed by atoms with Crippen molar-refractivity contribution in [3.8, 4) is 0 Å². The molecular formula is C10H14N4O3. The highest BCUT2D eigenvalue weighted by atomic mass is 16.5. The second kappa shape index (κ2) is 5.44. The minimum Gasteiger partial charge on any atom is -0.480 e. The topological polar surface area (TPSA) is 87.6 Å². The van der Waals surface area contributed by atoms with Crippen LogP contribution < -0.4 is 10.2 Å². The lowest BCUT2D eigenvalue weighted by Gasteiger charge is -2.28. The number of morpholine rings is 1. The lowest BCUT2D eigenvalue weighted by atomic mass is 10.4. The molecule has 0 unspecified atom stereocenters. The second-order valence-corrected chi connectivity index (χ2v) is 3.58. The van der Waals surface area contributed by atoms with Crippen LogP contribution in [0.15, 0.2) is 12.4 Å². The Morgan fingerprint density at radius 1 is 1.41 bits per heavy atom. The summed E-state index contributed by atoms with van der Waals surface area (Å²) in [5.41, 5.74) is 0. The molecule has 1 aliphatic heterocycles. The molecule has 0 aliphatic carbocycles. The fourth-order valence-electron chi connectivity index (χ4n) is 1.62. The molecule has 0 bridgehead atoms. The Morgan fingerprint density at radius 2 is 2.12 bits per heavy atom. The summed E-state index contributed by atoms with van der Waals surface area (Å²) >= 11 is 0. The lowest BCUT2D eigenvalue weighted by molar-refractivity contribution is -0.134. The van der Waals surface area contributed by atoms with E-state index in [2.05, 4.69) is 15.3 Å². The largest absolute Gasteiger partial charge is 0.480 e. The standard InChI is InChI=1S/C10H14N4O3/c15-8(16)7-13-9-10(12-2-1-11-9)14-3-5-17-6-4-14/h1-2H,3-7H2,(H,11,13)(H,15,16). The summed E-state index contributed by atoms with van der Waals surface area (Å²) in [7, 11) is 0. The van der Waals surface area contributed by atoms with Crippen molar-refractivity contribution in [1.29, 1.82) is 0 Å². The number of carboxylic acids is 1. The molecule has 0 atom stereocenters. The van der Waals surface area contributed by atoms with Gasteiger partial charge in [0.05, 0.1) is 13.2 Å². The highest BCUT2D eigenvalue weighted by molar-refractivity contribution is 5.74. The molecule has 0 aromatic carbocycles. The van der Waals surface area contributed by atoms with E-state index in [1.807, 2.05) is 4.90 Å². The van der Waals surface area contributed by atoms with Gasteiger partial charge in [-0.1, -0.05) is 0 Å². The molecule has 1 fully saturated rings. The van der Waals surface area contributed by atoms with Gasteiger partial charge in [0.15, 0.2) is 11.6 Å². The molecule has 2 rings (SSSR count). The van der Waals surface area contributed by atoms with Crippen LogP contribution in [0.25, 0.3) is 0 Å². The summed E-state index contributed by atoms with van der Waals surface area (Å²) in [6.07, 6.45) is 3.13. The summed E-state index contributed by atoms with van der Waals surface area (Å²) in [5, 5.41) is 11.4. The number of aliphatic carboxylic acids is 1. The van der Waals surface area contributed by atoms with E-state index in [9.17, 15) is 4.79 Å². The van der Waals surface area contributed by atoms with E-state index in [0.717, 1.165) is 13.1 Å². The van der Waals surface area contributed by atoms with Crippen LogP contribution in [-0.4, -0.2) is 53.9 Å². The van der Waals surface area contributed by atoms with E-state index < -0.39 is 5.97 Å². The molecule has 1 aromatic heterocycles. The van der Waals surface area contributed by atoms with E-state index in [-0.39, 0.29) is 6.54 Å². The molecule has 1 saturated heterocycles. The zero-order valence-electron chi connectivity index (χ0n) is 9.30. The van der Waals surface area contributed by atoms with Gasteiger partial charge in [-0.25, -0.2) is 9.97 Å². The highest BCUT2D eigenvalue weighted by Crippen LogP contribution is 2.20. The minimum absolute atomic E-state index is 0.171. The van der Waals surface area contributed by atoms with Crippen molar-refractivity contribution in [2.45, 2.75) is 0 Å². The SMILES string of the molecule is O=C(O)CNc1nccnc1N1CCOCC1. The van der Waals surface area contributed by atoms with Gasteiger partial charge in [0.2, 0.25) is 0 Å². The molecule has 17 heavy (non-hydrogen) atoms. The van der Waals surface area contributed by atoms with Crippen molar-refractivity contribution in [2.24, 2.45) is 0 Å². The van der Waals surface area contributed by atoms with Gasteiger partial charge < -0.3 is 20.1 Å². The summed E-state index contributed by atoms with van der Waals surface area (Å²) in [6.45, 7) is 2.60. The number of hydrogen-bond acceptors (Lipinski definition) is 6. The third kappa shape index (κ3) is 3.04. The molecule has 92 valence electrons. The molecule has 2 N–H and O–H groups in total. The van der Waals surface area contributed by atoms with Crippen LogP contribution in [-0.2, 0) is 9.53 Å². The molecule has 1 aromatic rings. The Balaban J connectivity index is 2.11. The first-order valence-electron chi connectivity index (χ1n) is 5.37. The quantitative estimate of drug-likeness (QED) is 0.751. The summed E-state index contributed by atoms with van der Waals surface area (Å²) in [6, 6.07) is 0. The maximum atomic E-state index is 10.5. The normalized spacial score (nSPS) is 15.6. The average Bonchev–Trinajstić information content (AvgIpc) is 2.38. The Labute approximate surface area is 98.4 Å². The molecular weight excluding hydrogens is 224 g/mol. The lowest BCUT2D eigenvalue weighted by Crippen LogP contribution is -2.37. The van der Waals surface area contributed by atoms with Crippen molar-refractivity contribution < 1.29 is 14.6 Å². The fraction of sp³-hybridized carbons (Fsp3) is 0.500. The Bertz CT molecular complexity index is 393. The summed E-state index contributed by atoms with van der Waals surface area (Å²) in [4.78, 5) is 20.9. The van der Waals surface area contributed by atoms with Crippen molar-refractivity contribution >= 4 is 17.6 Å². The van der Waals surface area contributed by atoms with Crippen LogP contribution in [0.4, 0.5) is 11.6 Å². The van der Waals surface area contributed by atoms with Crippen LogP contribution in [0.2, 0.25) is 0 Å². The van der Waals surface area contributed by atoms with E-state index in [0.29, 0.717) is 24.8 Å². The van der Waals surface area contributed by atoms with E-state index in [4.69, 9.17) is 9.84 Å². The number of hydrogen-bond donors (Lipinski definition) is 2. The van der Waals surface area contributed by atoms with Gasteiger partial charge in [-0.05, 0) is 0 Å².